The Balaban J connectivity index is 1.22. The Morgan fingerprint density at radius 2 is 1.94 bits per heavy atom. The van der Waals surface area contributed by atoms with Crippen LogP contribution >= 0.6 is 0 Å². The Kier molecular flexibility index (Phi) is 7.03. The van der Waals surface area contributed by atoms with Gasteiger partial charge in [-0.3, -0.25) is 19.3 Å². The number of hydrogen-bond acceptors (Lipinski definition) is 5. The van der Waals surface area contributed by atoms with Crippen molar-refractivity contribution >= 4 is 17.6 Å². The van der Waals surface area contributed by atoms with E-state index in [0.29, 0.717) is 43.5 Å². The first-order valence-electron chi connectivity index (χ1n) is 12.7. The van der Waals surface area contributed by atoms with Gasteiger partial charge in [-0.25, -0.2) is 0 Å². The molecule has 1 N–H and O–H groups in total. The Hall–Kier alpha value is -3.29. The van der Waals surface area contributed by atoms with E-state index in [2.05, 4.69) is 23.7 Å². The van der Waals surface area contributed by atoms with Crippen LogP contribution in [0.4, 0.5) is 0 Å². The van der Waals surface area contributed by atoms with Gasteiger partial charge >= 0.3 is 0 Å². The number of amides is 2. The number of rotatable bonds is 7. The Morgan fingerprint density at radius 3 is 2.72 bits per heavy atom. The maximum Gasteiger partial charge on any atom is 0.255 e. The number of nitrogens with one attached hydrogen (secondary N) is 1. The molecule has 0 saturated carbocycles. The molecule has 0 radical (unpaired) electrons. The van der Waals surface area contributed by atoms with E-state index in [1.54, 1.807) is 4.90 Å². The number of morpholine rings is 1. The standard InChI is InChI=1S/C29H33N3O4/c1-19-3-7-22(16-23(19)17-31-11-13-36-14-12-31)27(33)10-6-21-5-8-25-24(15-21)18-32(29(25)35)26-9-4-20(2)30-28(26)34/h3,5,7-8,15-16,26H,2,4,6,9-14,17-18H2,1H3,(H,30,34). The van der Waals surface area contributed by atoms with Gasteiger partial charge in [0.05, 0.1) is 13.2 Å². The summed E-state index contributed by atoms with van der Waals surface area (Å²) in [6.07, 6.45) is 2.28. The molecule has 0 aromatic heterocycles. The molecule has 36 heavy (non-hydrogen) atoms. The molecule has 3 aliphatic rings. The van der Waals surface area contributed by atoms with Gasteiger partial charge in [0.15, 0.2) is 5.78 Å². The lowest BCUT2D eigenvalue weighted by atomic mass is 9.97. The minimum absolute atomic E-state index is 0.104. The molecule has 2 aromatic rings. The number of ether oxygens (including phenoxy) is 1. The summed E-state index contributed by atoms with van der Waals surface area (Å²) in [5.74, 6) is -0.146. The summed E-state index contributed by atoms with van der Waals surface area (Å²) in [5, 5.41) is 2.77. The summed E-state index contributed by atoms with van der Waals surface area (Å²) in [6, 6.07) is 11.3. The first-order chi connectivity index (χ1) is 17.4. The normalized spacial score (nSPS) is 20.4. The van der Waals surface area contributed by atoms with Crippen molar-refractivity contribution in [2.24, 2.45) is 0 Å². The van der Waals surface area contributed by atoms with Crippen molar-refractivity contribution in [2.45, 2.75) is 51.7 Å². The second kappa shape index (κ2) is 10.4. The predicted octanol–water partition coefficient (Wildman–Crippen LogP) is 3.39. The van der Waals surface area contributed by atoms with Crippen molar-refractivity contribution in [3.8, 4) is 0 Å². The Labute approximate surface area is 212 Å². The van der Waals surface area contributed by atoms with Gasteiger partial charge in [-0.05, 0) is 60.6 Å². The average molecular weight is 488 g/mol. The number of piperidine rings is 1. The second-order valence-electron chi connectivity index (χ2n) is 10.0. The second-order valence-corrected chi connectivity index (χ2v) is 10.0. The van der Waals surface area contributed by atoms with Crippen LogP contribution in [0.1, 0.15) is 62.2 Å². The van der Waals surface area contributed by atoms with Crippen molar-refractivity contribution in [2.75, 3.05) is 26.3 Å². The van der Waals surface area contributed by atoms with Gasteiger partial charge < -0.3 is 15.0 Å². The highest BCUT2D eigenvalue weighted by Crippen LogP contribution is 2.29. The highest BCUT2D eigenvalue weighted by molar-refractivity contribution is 6.01. The third kappa shape index (κ3) is 5.13. The number of benzene rings is 2. The third-order valence-electron chi connectivity index (χ3n) is 7.51. The average Bonchev–Trinajstić information content (AvgIpc) is 3.20. The third-order valence-corrected chi connectivity index (χ3v) is 7.51. The van der Waals surface area contributed by atoms with Gasteiger partial charge in [-0.15, -0.1) is 0 Å². The van der Waals surface area contributed by atoms with E-state index in [4.69, 9.17) is 4.74 Å². The number of nitrogens with zero attached hydrogens (tertiary/aromatic N) is 2. The van der Waals surface area contributed by atoms with Crippen LogP contribution in [0.3, 0.4) is 0 Å². The molecule has 2 aromatic carbocycles. The van der Waals surface area contributed by atoms with E-state index in [0.717, 1.165) is 49.5 Å². The molecule has 2 fully saturated rings. The summed E-state index contributed by atoms with van der Waals surface area (Å²) >= 11 is 0. The molecule has 0 aliphatic carbocycles. The van der Waals surface area contributed by atoms with Gasteiger partial charge in [0.1, 0.15) is 6.04 Å². The molecular weight excluding hydrogens is 454 g/mol. The predicted molar refractivity (Wildman–Crippen MR) is 137 cm³/mol. The summed E-state index contributed by atoms with van der Waals surface area (Å²) in [5.41, 5.74) is 6.43. The quantitative estimate of drug-likeness (QED) is 0.606. The molecule has 1 unspecified atom stereocenters. The number of Topliss-reactive ketones (excluding diaryl/α,β-unsaturated/α-hetero) is 1. The van der Waals surface area contributed by atoms with Crippen molar-refractivity contribution in [3.05, 3.63) is 82.1 Å². The Bertz CT molecular complexity index is 1210. The van der Waals surface area contributed by atoms with Crippen LogP contribution < -0.4 is 5.32 Å². The molecule has 7 nitrogen and oxygen atoms in total. The molecule has 3 heterocycles. The van der Waals surface area contributed by atoms with Gasteiger partial charge in [0, 0.05) is 49.4 Å². The highest BCUT2D eigenvalue weighted by atomic mass is 16.5. The highest BCUT2D eigenvalue weighted by Gasteiger charge is 2.38. The molecule has 2 amide bonds. The van der Waals surface area contributed by atoms with E-state index in [1.165, 1.54) is 11.1 Å². The lowest BCUT2D eigenvalue weighted by Crippen LogP contribution is -2.49. The maximum atomic E-state index is 13.0. The van der Waals surface area contributed by atoms with Crippen molar-refractivity contribution in [1.29, 1.82) is 0 Å². The van der Waals surface area contributed by atoms with Crippen molar-refractivity contribution < 1.29 is 19.1 Å². The molecule has 0 bridgehead atoms. The first-order valence-corrected chi connectivity index (χ1v) is 12.7. The zero-order chi connectivity index (χ0) is 25.2. The van der Waals surface area contributed by atoms with Crippen LogP contribution in [0.15, 0.2) is 48.7 Å². The van der Waals surface area contributed by atoms with Crippen molar-refractivity contribution in [3.63, 3.8) is 0 Å². The van der Waals surface area contributed by atoms with Crippen LogP contribution in [0, 0.1) is 6.92 Å². The fourth-order valence-electron chi connectivity index (χ4n) is 5.28. The zero-order valence-electron chi connectivity index (χ0n) is 20.8. The number of aryl methyl sites for hydroxylation is 2. The molecule has 1 atom stereocenters. The number of allylic oxidation sites excluding steroid dienone is 1. The van der Waals surface area contributed by atoms with E-state index in [1.807, 2.05) is 36.4 Å². The van der Waals surface area contributed by atoms with Gasteiger partial charge in [-0.2, -0.15) is 0 Å². The van der Waals surface area contributed by atoms with Crippen molar-refractivity contribution in [1.82, 2.24) is 15.1 Å². The summed E-state index contributed by atoms with van der Waals surface area (Å²) in [6.45, 7) is 10.5. The molecule has 7 heteroatoms. The number of ketones is 1. The Morgan fingerprint density at radius 1 is 1.14 bits per heavy atom. The molecular formula is C29H33N3O4. The molecule has 3 aliphatic heterocycles. The van der Waals surface area contributed by atoms with Gasteiger partial charge in [0.2, 0.25) is 5.91 Å². The molecule has 188 valence electrons. The van der Waals surface area contributed by atoms with Crippen LogP contribution in [0.5, 0.6) is 0 Å². The monoisotopic (exact) mass is 487 g/mol. The van der Waals surface area contributed by atoms with Crippen LogP contribution in [-0.4, -0.2) is 59.7 Å². The van der Waals surface area contributed by atoms with Crippen LogP contribution in [0.2, 0.25) is 0 Å². The van der Waals surface area contributed by atoms with E-state index < -0.39 is 6.04 Å². The topological polar surface area (TPSA) is 79.0 Å². The molecule has 5 rings (SSSR count). The van der Waals surface area contributed by atoms with Crippen LogP contribution in [-0.2, 0) is 29.0 Å². The SMILES string of the molecule is C=C1CCC(N2Cc3cc(CCC(=O)c4ccc(C)c(CN5CCOCC5)c4)ccc3C2=O)C(=O)N1. The summed E-state index contributed by atoms with van der Waals surface area (Å²) in [4.78, 5) is 42.4. The number of fused-ring (bicyclic) bond motifs is 1. The number of carbonyl (C=O) groups is 3. The van der Waals surface area contributed by atoms with Crippen LogP contribution in [0.25, 0.3) is 0 Å². The minimum Gasteiger partial charge on any atom is -0.379 e. The van der Waals surface area contributed by atoms with Gasteiger partial charge in [0.25, 0.3) is 5.91 Å². The lowest BCUT2D eigenvalue weighted by Gasteiger charge is -2.30. The zero-order valence-corrected chi connectivity index (χ0v) is 20.8. The minimum atomic E-state index is -0.464. The summed E-state index contributed by atoms with van der Waals surface area (Å²) in [7, 11) is 0. The van der Waals surface area contributed by atoms with E-state index >= 15 is 0 Å². The van der Waals surface area contributed by atoms with E-state index in [-0.39, 0.29) is 17.6 Å². The smallest absolute Gasteiger partial charge is 0.255 e. The fraction of sp³-hybridized carbons (Fsp3) is 0.414. The summed E-state index contributed by atoms with van der Waals surface area (Å²) < 4.78 is 5.44. The lowest BCUT2D eigenvalue weighted by molar-refractivity contribution is -0.126. The maximum absolute atomic E-state index is 13.0. The molecule has 0 spiro atoms. The van der Waals surface area contributed by atoms with E-state index in [9.17, 15) is 14.4 Å². The van der Waals surface area contributed by atoms with Gasteiger partial charge in [-0.1, -0.05) is 30.8 Å². The number of hydrogen-bond donors (Lipinski definition) is 1. The largest absolute Gasteiger partial charge is 0.379 e. The fourth-order valence-corrected chi connectivity index (χ4v) is 5.28. The molecule has 2 saturated heterocycles. The first kappa shape index (κ1) is 24.4. The number of carbonyl (C=O) groups excluding carboxylic acids is 3.